The summed E-state index contributed by atoms with van der Waals surface area (Å²) in [5.74, 6) is -12.4. The van der Waals surface area contributed by atoms with Gasteiger partial charge in [-0.25, -0.2) is 93.7 Å². The van der Waals surface area contributed by atoms with Crippen LogP contribution in [0.25, 0.3) is 0 Å². The Morgan fingerprint density at radius 2 is 0.895 bits per heavy atom. The van der Waals surface area contributed by atoms with Crippen LogP contribution in [0.15, 0.2) is 176 Å². The van der Waals surface area contributed by atoms with Crippen LogP contribution in [0.3, 0.4) is 0 Å². The number of aliphatic hydroxyl groups is 1. The van der Waals surface area contributed by atoms with Crippen molar-refractivity contribution >= 4 is 34.9 Å². The van der Waals surface area contributed by atoms with Crippen LogP contribution in [0.4, 0.5) is 87.6 Å². The summed E-state index contributed by atoms with van der Waals surface area (Å²) in [6.45, 7) is 9.41. The number of hydrogen-bond donors (Lipinski definition) is 5. The summed E-state index contributed by atoms with van der Waals surface area (Å²) in [7, 11) is 0. The molecule has 0 spiro atoms. The Morgan fingerprint density at radius 3 is 1.27 bits per heavy atom. The molecule has 0 aliphatic carbocycles. The summed E-state index contributed by atoms with van der Waals surface area (Å²) < 4.78 is 184. The second-order valence-electron chi connectivity index (χ2n) is 30.9. The molecule has 4 aliphatic heterocycles. The zero-order valence-corrected chi connectivity index (χ0v) is 68.5. The first-order valence-electron chi connectivity index (χ1n) is 40.5. The lowest BCUT2D eigenvalue weighted by Gasteiger charge is -2.27. The average Bonchev–Trinajstić information content (AvgIpc) is 1.69. The molecule has 4 aliphatic rings. The number of benzene rings is 5. The van der Waals surface area contributed by atoms with E-state index in [2.05, 4.69) is 76.0 Å². The summed E-state index contributed by atoms with van der Waals surface area (Å²) in [4.78, 5) is 66.6. The maximum absolute atomic E-state index is 15.5. The summed E-state index contributed by atoms with van der Waals surface area (Å²) in [6.07, 6.45) is 13.8. The standard InChI is InChI=1S/C25H26F3N3O.C22H25F3N6O.C21H21F3N4O2.C19H19F3N6O2/c1-25(27,28)20-10-8-19(9-11-20)22-6-3-13-31(22)24-23(26)21(29-16-30-24)12-7-17-4-2-5-18(14-17)15-32;1-4-16(19-28-13(2)32-30-19)29-20-18(23)21(27-12-26-20)31-11-5-6-17(31)14-7-9-15(10-8-14)22(3,24)25;1-21(23,24)14-6-4-13(5-7-14)17-3-2-10-28(17)20-19(22)16(25-12-26-20)9-8-15-11-18(29)27-30-15;1-19(21,22)12-6-4-11(5-7-12)13-3-2-8-28(13)17-15(20)16(24-10-25-17)23-9-14-26-27-18(29)30-14/h2,4-5,8-11,14,16,22,32H,3,6-7,12-13,15H2,1H3;7-10,12,16-17H,4-6,11H2,1-3H3,(H,26,27,29);4-7,11-12,17H,2-3,8-10H2,1H3,(H,27,29);4-7,10,13H,2-3,8-9H2,1H3,(H,27,29)(H,23,24,25). The topological polar surface area (TPSA) is 304 Å². The van der Waals surface area contributed by atoms with Crippen LogP contribution >= 0.6 is 0 Å². The number of aromatic nitrogens is 13. The molecule has 654 valence electrons. The molecule has 4 fully saturated rings. The number of anilines is 6. The number of aryl methyl sites for hydroxylation is 5. The largest absolute Gasteiger partial charge is 0.434 e. The maximum Gasteiger partial charge on any atom is 0.434 e. The van der Waals surface area contributed by atoms with Gasteiger partial charge in [0, 0.05) is 95.5 Å². The zero-order chi connectivity index (χ0) is 88.2. The Morgan fingerprint density at radius 1 is 0.500 bits per heavy atom. The zero-order valence-electron chi connectivity index (χ0n) is 68.5. The Balaban J connectivity index is 0.000000142. The van der Waals surface area contributed by atoms with E-state index in [0.29, 0.717) is 75.0 Å². The van der Waals surface area contributed by atoms with Gasteiger partial charge in [-0.2, -0.15) is 18.9 Å². The minimum atomic E-state index is -2.92. The predicted octanol–water partition coefficient (Wildman–Crippen LogP) is 18.2. The molecule has 5 aromatic carbocycles. The van der Waals surface area contributed by atoms with Crippen LogP contribution in [0.1, 0.15) is 213 Å². The Labute approximate surface area is 704 Å². The molecule has 37 heteroatoms. The minimum absolute atomic E-state index is 0.0346. The highest BCUT2D eigenvalue weighted by Crippen LogP contribution is 2.44. The van der Waals surface area contributed by atoms with Crippen LogP contribution in [0.5, 0.6) is 0 Å². The lowest BCUT2D eigenvalue weighted by Crippen LogP contribution is -2.26. The molecule has 0 amide bonds. The van der Waals surface area contributed by atoms with Crippen molar-refractivity contribution < 1.29 is 71.3 Å². The molecule has 4 saturated heterocycles. The second kappa shape index (κ2) is 38.9. The normalized spacial score (nSPS) is 17.0. The Hall–Kier alpha value is -12.6. The SMILES string of the molecule is CC(F)(F)c1ccc(C2CCCN2c2ncnc(CCc3cc(=O)[nH]o3)c2F)cc1.CC(F)(F)c1ccc(C2CCCN2c2ncnc(CCc3cccc(CO)c3)c2F)cc1.CC(F)(F)c1ccc(C2CCCN2c2ncnc(NCc3n[nH]c(=O)o3)c2F)cc1.CCC(Nc1ncnc(N2CCCC2c2ccc(C(C)(F)F)cc2)c1F)c1noc(C)n1. The average molecular weight is 1730 g/mol. The van der Waals surface area contributed by atoms with Crippen LogP contribution in [0.2, 0.25) is 0 Å². The first-order chi connectivity index (χ1) is 59.3. The van der Waals surface area contributed by atoms with Crippen molar-refractivity contribution in [2.24, 2.45) is 0 Å². The number of hydrogen-bond acceptors (Lipinski definition) is 23. The molecule has 0 radical (unpaired) electrons. The van der Waals surface area contributed by atoms with E-state index in [0.717, 1.165) is 112 Å². The van der Waals surface area contributed by atoms with Gasteiger partial charge in [-0.3, -0.25) is 4.79 Å². The lowest BCUT2D eigenvalue weighted by molar-refractivity contribution is 0.0168. The van der Waals surface area contributed by atoms with Gasteiger partial charge < -0.3 is 48.8 Å². The molecule has 5 unspecified atom stereocenters. The van der Waals surface area contributed by atoms with Gasteiger partial charge in [0.1, 0.15) is 31.1 Å². The van der Waals surface area contributed by atoms with Crippen molar-refractivity contribution in [2.75, 3.05) is 56.4 Å². The van der Waals surface area contributed by atoms with Crippen molar-refractivity contribution in [1.29, 1.82) is 0 Å². The van der Waals surface area contributed by atoms with E-state index in [9.17, 15) is 49.8 Å². The first-order valence-corrected chi connectivity index (χ1v) is 40.5. The number of rotatable bonds is 26. The van der Waals surface area contributed by atoms with Crippen molar-refractivity contribution in [3.8, 4) is 0 Å². The molecule has 11 heterocycles. The number of alkyl halides is 8. The number of nitrogens with one attached hydrogen (secondary N) is 4. The molecule has 0 saturated carbocycles. The van der Waals surface area contributed by atoms with Gasteiger partial charge in [0.25, 0.3) is 29.2 Å². The number of aliphatic hydroxyl groups excluding tert-OH is 1. The number of halogens is 12. The highest BCUT2D eigenvalue weighted by atomic mass is 19.3. The van der Waals surface area contributed by atoms with Gasteiger partial charge >= 0.3 is 5.76 Å². The minimum Gasteiger partial charge on any atom is -0.392 e. The van der Waals surface area contributed by atoms with E-state index < -0.39 is 52.7 Å². The van der Waals surface area contributed by atoms with E-state index in [4.69, 9.17) is 13.5 Å². The molecule has 25 nitrogen and oxygen atoms in total. The fourth-order valence-electron chi connectivity index (χ4n) is 15.6. The molecule has 7 aromatic heterocycles. The third-order valence-corrected chi connectivity index (χ3v) is 22.0. The molecular formula is C87H91F12N19O6. The maximum atomic E-state index is 15.5. The van der Waals surface area contributed by atoms with Crippen molar-refractivity contribution in [2.45, 2.75) is 192 Å². The van der Waals surface area contributed by atoms with Gasteiger partial charge in [0.15, 0.2) is 52.4 Å². The molecule has 12 aromatic rings. The van der Waals surface area contributed by atoms with E-state index in [1.165, 1.54) is 79.9 Å². The van der Waals surface area contributed by atoms with E-state index in [1.807, 2.05) is 45.9 Å². The summed E-state index contributed by atoms with van der Waals surface area (Å²) >= 11 is 0. The molecule has 16 rings (SSSR count). The first kappa shape index (κ1) is 89.2. The third kappa shape index (κ3) is 21.7. The van der Waals surface area contributed by atoms with Crippen molar-refractivity contribution in [1.82, 2.24) is 65.4 Å². The van der Waals surface area contributed by atoms with Crippen LogP contribution < -0.4 is 41.5 Å². The fraction of sp³-hybridized carbons (Fsp3) is 0.391. The monoisotopic (exact) mass is 1730 g/mol. The molecule has 5 atom stereocenters. The van der Waals surface area contributed by atoms with E-state index in [-0.39, 0.29) is 124 Å². The molecule has 5 N–H and O–H groups in total. The summed E-state index contributed by atoms with van der Waals surface area (Å²) in [5, 5.41) is 27.0. The summed E-state index contributed by atoms with van der Waals surface area (Å²) in [6, 6.07) is 32.6. The second-order valence-corrected chi connectivity index (χ2v) is 30.9. The number of nitrogens with zero attached hydrogens (tertiary/aromatic N) is 15. The highest BCUT2D eigenvalue weighted by Gasteiger charge is 2.38. The van der Waals surface area contributed by atoms with Crippen LogP contribution in [-0.2, 0) is 62.5 Å². The third-order valence-electron chi connectivity index (χ3n) is 22.0. The summed E-state index contributed by atoms with van der Waals surface area (Å²) in [5.41, 5.74) is 5.21. The molecule has 0 bridgehead atoms. The number of H-pyrrole nitrogens is 2. The van der Waals surface area contributed by atoms with Gasteiger partial charge in [0.05, 0.1) is 54.7 Å². The lowest BCUT2D eigenvalue weighted by atomic mass is 10.0. The van der Waals surface area contributed by atoms with Crippen molar-refractivity contribution in [3.63, 3.8) is 0 Å². The Bertz CT molecular complexity index is 5490. The van der Waals surface area contributed by atoms with Gasteiger partial charge in [-0.05, 0) is 110 Å². The van der Waals surface area contributed by atoms with E-state index in [1.54, 1.807) is 60.4 Å². The van der Waals surface area contributed by atoms with Crippen molar-refractivity contribution in [3.05, 3.63) is 287 Å². The smallest absolute Gasteiger partial charge is 0.392 e. The van der Waals surface area contributed by atoms with Gasteiger partial charge in [-0.15, -0.1) is 5.10 Å². The molecular weight excluding hydrogens is 1640 g/mol. The van der Waals surface area contributed by atoms with Crippen LogP contribution in [0, 0.1) is 30.2 Å². The highest BCUT2D eigenvalue weighted by molar-refractivity contribution is 5.56. The fourth-order valence-corrected chi connectivity index (χ4v) is 15.6. The Kier molecular flexibility index (Phi) is 28.0. The number of aromatic amines is 2. The van der Waals surface area contributed by atoms with E-state index >= 15 is 17.6 Å². The van der Waals surface area contributed by atoms with Gasteiger partial charge in [-0.1, -0.05) is 133 Å². The predicted molar refractivity (Wildman–Crippen MR) is 436 cm³/mol. The van der Waals surface area contributed by atoms with Gasteiger partial charge in [0.2, 0.25) is 23.4 Å². The molecule has 124 heavy (non-hydrogen) atoms. The van der Waals surface area contributed by atoms with Crippen LogP contribution in [-0.4, -0.2) is 96.7 Å². The quantitative estimate of drug-likeness (QED) is 0.0315.